The maximum atomic E-state index is 15.5. The highest BCUT2D eigenvalue weighted by Gasteiger charge is 2.31. The molecule has 1 aliphatic rings. The molecule has 2 aromatic carbocycles. The van der Waals surface area contributed by atoms with E-state index in [0.29, 0.717) is 41.9 Å². The van der Waals surface area contributed by atoms with Crippen molar-refractivity contribution in [1.29, 1.82) is 5.26 Å². The van der Waals surface area contributed by atoms with Crippen LogP contribution in [-0.2, 0) is 4.79 Å². The largest absolute Gasteiger partial charge is 0.457 e. The van der Waals surface area contributed by atoms with Gasteiger partial charge in [-0.1, -0.05) is 38.1 Å². The topological polar surface area (TPSA) is 143 Å². The van der Waals surface area contributed by atoms with E-state index >= 15 is 4.39 Å². The number of hydrogen-bond donors (Lipinski definition) is 2. The predicted molar refractivity (Wildman–Crippen MR) is 151 cm³/mol. The summed E-state index contributed by atoms with van der Waals surface area (Å²) in [6, 6.07) is 15.3. The summed E-state index contributed by atoms with van der Waals surface area (Å²) in [4.78, 5) is 23.4. The number of anilines is 1. The van der Waals surface area contributed by atoms with Crippen molar-refractivity contribution in [1.82, 2.24) is 24.6 Å². The number of nitrogens with two attached hydrogens (primary N) is 1. The van der Waals surface area contributed by atoms with E-state index in [2.05, 4.69) is 9.97 Å². The van der Waals surface area contributed by atoms with Crippen LogP contribution in [0.4, 0.5) is 10.2 Å². The molecule has 11 heteroatoms. The second-order valence-corrected chi connectivity index (χ2v) is 10.7. The smallest absolute Gasteiger partial charge is 0.264 e. The summed E-state index contributed by atoms with van der Waals surface area (Å²) in [5, 5.41) is 24.4. The Labute approximate surface area is 236 Å². The fourth-order valence-electron chi connectivity index (χ4n) is 4.90. The normalized spacial score (nSPS) is 16.0. The zero-order valence-corrected chi connectivity index (χ0v) is 22.8. The Hall–Kier alpha value is -4.82. The lowest BCUT2D eigenvalue weighted by Crippen LogP contribution is -2.41. The number of fused-ring (bicyclic) bond motifs is 1. The molecule has 0 aliphatic carbocycles. The number of ether oxygens (including phenoxy) is 1. The standard InChI is InChI=1S/C30H30FN7O3/c1-30(2,17-39)14-19(15-32)29(40)37-12-6-7-20(16-37)38-28-25(27(33)34-18-35-28)26(36-38)23-11-10-22(13-24(23)31)41-21-8-4-3-5-9-21/h3-5,8-11,13-14,18,20,39H,6-7,12,16-17H2,1-2H3,(H2,33,34,35)/b19-14+/t20-/m0/s1. The van der Waals surface area contributed by atoms with Crippen LogP contribution in [0.25, 0.3) is 22.3 Å². The average molecular weight is 556 g/mol. The Morgan fingerprint density at radius 2 is 2.02 bits per heavy atom. The summed E-state index contributed by atoms with van der Waals surface area (Å²) < 4.78 is 22.9. The summed E-state index contributed by atoms with van der Waals surface area (Å²) in [5.41, 5.74) is 6.42. The molecule has 1 amide bonds. The monoisotopic (exact) mass is 555 g/mol. The molecule has 1 atom stereocenters. The molecular weight excluding hydrogens is 525 g/mol. The Morgan fingerprint density at radius 1 is 1.24 bits per heavy atom. The van der Waals surface area contributed by atoms with Crippen LogP contribution in [0.3, 0.4) is 0 Å². The van der Waals surface area contributed by atoms with E-state index in [0.717, 1.165) is 0 Å². The third-order valence-electron chi connectivity index (χ3n) is 7.02. The van der Waals surface area contributed by atoms with Gasteiger partial charge >= 0.3 is 0 Å². The van der Waals surface area contributed by atoms with Crippen molar-refractivity contribution in [3.63, 3.8) is 0 Å². The highest BCUT2D eigenvalue weighted by atomic mass is 19.1. The molecule has 210 valence electrons. The van der Waals surface area contributed by atoms with E-state index in [1.807, 2.05) is 24.3 Å². The zero-order valence-electron chi connectivity index (χ0n) is 22.8. The lowest BCUT2D eigenvalue weighted by molar-refractivity contribution is -0.128. The van der Waals surface area contributed by atoms with Gasteiger partial charge in [0.2, 0.25) is 0 Å². The van der Waals surface area contributed by atoms with Gasteiger partial charge in [0.15, 0.2) is 5.65 Å². The van der Waals surface area contributed by atoms with E-state index in [-0.39, 0.29) is 41.8 Å². The van der Waals surface area contributed by atoms with Crippen molar-refractivity contribution >= 4 is 22.8 Å². The summed E-state index contributed by atoms with van der Waals surface area (Å²) in [6.07, 6.45) is 4.17. The first-order chi connectivity index (χ1) is 19.7. The van der Waals surface area contributed by atoms with Crippen molar-refractivity contribution in [3.8, 4) is 28.8 Å². The van der Waals surface area contributed by atoms with Gasteiger partial charge in [0.25, 0.3) is 5.91 Å². The fraction of sp³-hybridized carbons (Fsp3) is 0.300. The van der Waals surface area contributed by atoms with Gasteiger partial charge in [0.05, 0.1) is 18.0 Å². The van der Waals surface area contributed by atoms with Crippen LogP contribution in [0, 0.1) is 22.6 Å². The molecule has 5 rings (SSSR count). The summed E-state index contributed by atoms with van der Waals surface area (Å²) in [5.74, 6) is 0.105. The number of nitrogen functional groups attached to an aromatic ring is 1. The molecule has 4 aromatic rings. The average Bonchev–Trinajstić information content (AvgIpc) is 3.37. The number of hydrogen-bond acceptors (Lipinski definition) is 8. The number of carbonyl (C=O) groups is 1. The van der Waals surface area contributed by atoms with Crippen LogP contribution in [0.15, 0.2) is 66.5 Å². The minimum atomic E-state index is -0.719. The minimum absolute atomic E-state index is 0.0258. The molecule has 3 heterocycles. The molecular formula is C30H30FN7O3. The zero-order chi connectivity index (χ0) is 29.1. The highest BCUT2D eigenvalue weighted by molar-refractivity contribution is 5.99. The van der Waals surface area contributed by atoms with Crippen LogP contribution >= 0.6 is 0 Å². The van der Waals surface area contributed by atoms with Crippen LogP contribution < -0.4 is 10.5 Å². The van der Waals surface area contributed by atoms with Crippen LogP contribution in [0.1, 0.15) is 32.7 Å². The molecule has 10 nitrogen and oxygen atoms in total. The van der Waals surface area contributed by atoms with Crippen molar-refractivity contribution in [2.75, 3.05) is 25.4 Å². The van der Waals surface area contributed by atoms with E-state index in [4.69, 9.17) is 15.6 Å². The number of rotatable bonds is 7. The SMILES string of the molecule is CC(C)(/C=C(\C#N)C(=O)N1CCC[C@H](n2nc(-c3ccc(Oc4ccccc4)cc3F)c3c(N)ncnc32)C1)CO. The molecule has 0 unspecified atom stereocenters. The van der Waals surface area contributed by atoms with Gasteiger partial charge in [0.1, 0.15) is 46.8 Å². The fourth-order valence-corrected chi connectivity index (χ4v) is 4.90. The number of para-hydroxylation sites is 1. The number of carbonyl (C=O) groups excluding carboxylic acids is 1. The summed E-state index contributed by atoms with van der Waals surface area (Å²) in [6.45, 7) is 4.03. The second kappa shape index (κ2) is 11.3. The first kappa shape index (κ1) is 27.7. The minimum Gasteiger partial charge on any atom is -0.457 e. The lowest BCUT2D eigenvalue weighted by atomic mass is 9.91. The number of aromatic nitrogens is 4. The molecule has 0 radical (unpaired) electrons. The number of nitrogens with zero attached hydrogens (tertiary/aromatic N) is 6. The molecule has 0 spiro atoms. The van der Waals surface area contributed by atoms with Gasteiger partial charge in [-0.25, -0.2) is 19.0 Å². The second-order valence-electron chi connectivity index (χ2n) is 10.7. The van der Waals surface area contributed by atoms with Gasteiger partial charge < -0.3 is 20.5 Å². The number of halogens is 1. The first-order valence-corrected chi connectivity index (χ1v) is 13.3. The van der Waals surface area contributed by atoms with Gasteiger partial charge in [-0.2, -0.15) is 10.4 Å². The number of benzene rings is 2. The van der Waals surface area contributed by atoms with Crippen molar-refractivity contribution < 1.29 is 19.0 Å². The van der Waals surface area contributed by atoms with Crippen molar-refractivity contribution in [2.24, 2.45) is 5.41 Å². The van der Waals surface area contributed by atoms with E-state index in [9.17, 15) is 15.2 Å². The number of likely N-dealkylation sites (tertiary alicyclic amines) is 1. The van der Waals surface area contributed by atoms with E-state index in [1.54, 1.807) is 47.7 Å². The van der Waals surface area contributed by atoms with Gasteiger partial charge in [-0.05, 0) is 37.1 Å². The Kier molecular flexibility index (Phi) is 7.68. The van der Waals surface area contributed by atoms with Crippen molar-refractivity contribution in [3.05, 3.63) is 72.3 Å². The van der Waals surface area contributed by atoms with E-state index in [1.165, 1.54) is 18.5 Å². The molecule has 0 saturated carbocycles. The molecule has 1 saturated heterocycles. The molecule has 1 aliphatic heterocycles. The summed E-state index contributed by atoms with van der Waals surface area (Å²) >= 11 is 0. The van der Waals surface area contributed by atoms with Crippen LogP contribution in [0.5, 0.6) is 11.5 Å². The molecule has 41 heavy (non-hydrogen) atoms. The van der Waals surface area contributed by atoms with Gasteiger partial charge in [0, 0.05) is 30.1 Å². The molecule has 2 aromatic heterocycles. The number of nitriles is 1. The maximum Gasteiger partial charge on any atom is 0.264 e. The Bertz CT molecular complexity index is 1660. The number of aliphatic hydroxyl groups is 1. The van der Waals surface area contributed by atoms with Gasteiger partial charge in [-0.15, -0.1) is 0 Å². The third kappa shape index (κ3) is 5.73. The molecule has 1 fully saturated rings. The summed E-state index contributed by atoms with van der Waals surface area (Å²) in [7, 11) is 0. The molecule has 0 bridgehead atoms. The predicted octanol–water partition coefficient (Wildman–Crippen LogP) is 4.64. The lowest BCUT2D eigenvalue weighted by Gasteiger charge is -2.33. The van der Waals surface area contributed by atoms with Gasteiger partial charge in [-0.3, -0.25) is 4.79 Å². The van der Waals surface area contributed by atoms with Crippen molar-refractivity contribution in [2.45, 2.75) is 32.7 Å². The Morgan fingerprint density at radius 3 is 2.73 bits per heavy atom. The quantitative estimate of drug-likeness (QED) is 0.248. The number of aliphatic hydroxyl groups excluding tert-OH is 1. The van der Waals surface area contributed by atoms with Crippen LogP contribution in [0.2, 0.25) is 0 Å². The molecule has 3 N–H and O–H groups in total. The number of amides is 1. The first-order valence-electron chi connectivity index (χ1n) is 13.3. The van der Waals surface area contributed by atoms with Crippen LogP contribution in [-0.4, -0.2) is 55.4 Å². The number of piperidine rings is 1. The maximum absolute atomic E-state index is 15.5. The Balaban J connectivity index is 1.48. The third-order valence-corrected chi connectivity index (χ3v) is 7.02. The van der Waals surface area contributed by atoms with E-state index < -0.39 is 17.1 Å². The highest BCUT2D eigenvalue weighted by Crippen LogP contribution is 2.36.